The van der Waals surface area contributed by atoms with Gasteiger partial charge < -0.3 is 15.2 Å². The van der Waals surface area contributed by atoms with Crippen LogP contribution in [-0.4, -0.2) is 28.0 Å². The van der Waals surface area contributed by atoms with Crippen molar-refractivity contribution in [1.82, 2.24) is 9.47 Å². The second-order valence-corrected chi connectivity index (χ2v) is 7.23. The first-order chi connectivity index (χ1) is 13.5. The maximum absolute atomic E-state index is 13.7. The molecular weight excluding hydrogens is 400 g/mol. The summed E-state index contributed by atoms with van der Waals surface area (Å²) >= 11 is 0. The molecule has 2 aromatic rings. The van der Waals surface area contributed by atoms with E-state index < -0.39 is 47.3 Å². The third kappa shape index (κ3) is 4.42. The normalized spacial score (nSPS) is 17.9. The molecule has 0 saturated heterocycles. The molecule has 0 bridgehead atoms. The van der Waals surface area contributed by atoms with Crippen molar-refractivity contribution in [1.29, 1.82) is 0 Å². The number of amides is 1. The molecule has 0 aliphatic carbocycles. The highest BCUT2D eigenvalue weighted by atomic mass is 19.4. The first-order valence-electron chi connectivity index (χ1n) is 8.91. The van der Waals surface area contributed by atoms with Crippen LogP contribution < -0.4 is 5.73 Å². The molecule has 1 aromatic heterocycles. The number of hydrogen-bond donors (Lipinski definition) is 1. The molecule has 0 radical (unpaired) electrons. The van der Waals surface area contributed by atoms with Crippen molar-refractivity contribution in [2.45, 2.75) is 44.6 Å². The minimum Gasteiger partial charge on any atom is -0.335 e. The van der Waals surface area contributed by atoms with Crippen LogP contribution in [0.4, 0.5) is 26.3 Å². The van der Waals surface area contributed by atoms with Gasteiger partial charge in [0.15, 0.2) is 11.6 Å². The number of nitrogens with zero attached hydrogens (tertiary/aromatic N) is 2. The number of aromatic nitrogens is 1. The molecule has 3 rings (SSSR count). The molecule has 2 atom stereocenters. The zero-order valence-corrected chi connectivity index (χ0v) is 15.4. The van der Waals surface area contributed by atoms with E-state index in [0.717, 1.165) is 6.07 Å². The van der Waals surface area contributed by atoms with E-state index in [2.05, 4.69) is 0 Å². The van der Waals surface area contributed by atoms with Crippen molar-refractivity contribution in [3.05, 3.63) is 58.7 Å². The molecule has 2 heterocycles. The molecule has 1 aliphatic heterocycles. The van der Waals surface area contributed by atoms with Gasteiger partial charge in [-0.05, 0) is 37.1 Å². The molecule has 10 heteroatoms. The highest BCUT2D eigenvalue weighted by molar-refractivity contribution is 5.77. The Balaban J connectivity index is 1.67. The number of carbonyl (C=O) groups excluding carboxylic acids is 1. The highest BCUT2D eigenvalue weighted by Crippen LogP contribution is 2.35. The van der Waals surface area contributed by atoms with Gasteiger partial charge in [0, 0.05) is 36.8 Å². The molecular formula is C19H19F6N3O. The number of halogens is 6. The molecule has 0 saturated carbocycles. The topological polar surface area (TPSA) is 51.3 Å². The number of alkyl halides is 3. The fourth-order valence-corrected chi connectivity index (χ4v) is 3.65. The van der Waals surface area contributed by atoms with Gasteiger partial charge in [-0.15, -0.1) is 0 Å². The van der Waals surface area contributed by atoms with Gasteiger partial charge in [-0.2, -0.15) is 13.2 Å². The SMILES string of the molecule is C[C@H]1CN(C(=O)C[C@H](N)Cc2cc(F)c(F)cc2F)Cc2ccc(C(F)(F)F)n21. The van der Waals surface area contributed by atoms with Crippen molar-refractivity contribution in [2.75, 3.05) is 6.54 Å². The summed E-state index contributed by atoms with van der Waals surface area (Å²) in [6.07, 6.45) is -4.89. The lowest BCUT2D eigenvalue weighted by atomic mass is 10.0. The Kier molecular flexibility index (Phi) is 5.66. The van der Waals surface area contributed by atoms with E-state index in [4.69, 9.17) is 5.73 Å². The highest BCUT2D eigenvalue weighted by Gasteiger charge is 2.38. The van der Waals surface area contributed by atoms with Crippen LogP contribution in [-0.2, 0) is 23.9 Å². The molecule has 2 N–H and O–H groups in total. The Morgan fingerprint density at radius 3 is 2.48 bits per heavy atom. The van der Waals surface area contributed by atoms with Crippen LogP contribution in [0.5, 0.6) is 0 Å². The number of carbonyl (C=O) groups is 1. The van der Waals surface area contributed by atoms with Gasteiger partial charge in [0.1, 0.15) is 11.5 Å². The monoisotopic (exact) mass is 419 g/mol. The second kappa shape index (κ2) is 7.74. The predicted molar refractivity (Wildman–Crippen MR) is 92.2 cm³/mol. The molecule has 0 unspecified atom stereocenters. The van der Waals surface area contributed by atoms with Crippen LogP contribution in [0.15, 0.2) is 24.3 Å². The van der Waals surface area contributed by atoms with Crippen LogP contribution >= 0.6 is 0 Å². The minimum atomic E-state index is -4.49. The third-order valence-corrected chi connectivity index (χ3v) is 4.93. The standard InChI is InChI=1S/C19H19F6N3O/c1-10-8-27(9-13-2-3-17(28(10)13)19(23,24)25)18(29)6-12(26)4-11-5-15(21)16(22)7-14(11)20/h2-3,5,7,10,12H,4,6,8-9,26H2,1H3/t10-,12+/m0/s1. The van der Waals surface area contributed by atoms with Gasteiger partial charge in [-0.1, -0.05) is 0 Å². The van der Waals surface area contributed by atoms with E-state index in [-0.39, 0.29) is 31.5 Å². The van der Waals surface area contributed by atoms with E-state index in [0.29, 0.717) is 17.8 Å². The summed E-state index contributed by atoms with van der Waals surface area (Å²) < 4.78 is 80.5. The van der Waals surface area contributed by atoms with Gasteiger partial charge in [-0.25, -0.2) is 13.2 Å². The number of rotatable bonds is 4. The van der Waals surface area contributed by atoms with Crippen LogP contribution in [0, 0.1) is 17.5 Å². The Bertz CT molecular complexity index is 923. The number of fused-ring (bicyclic) bond motifs is 1. The average molecular weight is 419 g/mol. The third-order valence-electron chi connectivity index (χ3n) is 4.93. The van der Waals surface area contributed by atoms with Crippen LogP contribution in [0.25, 0.3) is 0 Å². The number of hydrogen-bond acceptors (Lipinski definition) is 2. The van der Waals surface area contributed by atoms with Crippen LogP contribution in [0.2, 0.25) is 0 Å². The molecule has 1 amide bonds. The summed E-state index contributed by atoms with van der Waals surface area (Å²) in [7, 11) is 0. The zero-order valence-electron chi connectivity index (χ0n) is 15.4. The Morgan fingerprint density at radius 1 is 1.17 bits per heavy atom. The summed E-state index contributed by atoms with van der Waals surface area (Å²) in [5, 5.41) is 0. The Morgan fingerprint density at radius 2 is 1.83 bits per heavy atom. The fourth-order valence-electron chi connectivity index (χ4n) is 3.65. The number of benzene rings is 1. The largest absolute Gasteiger partial charge is 0.431 e. The zero-order chi connectivity index (χ0) is 21.5. The van der Waals surface area contributed by atoms with Gasteiger partial charge >= 0.3 is 6.18 Å². The van der Waals surface area contributed by atoms with Crippen LogP contribution in [0.3, 0.4) is 0 Å². The summed E-state index contributed by atoms with van der Waals surface area (Å²) in [6.45, 7) is 1.64. The second-order valence-electron chi connectivity index (χ2n) is 7.23. The summed E-state index contributed by atoms with van der Waals surface area (Å²) in [5.74, 6) is -3.91. The van der Waals surface area contributed by atoms with Gasteiger partial charge in [0.05, 0.1) is 6.54 Å². The van der Waals surface area contributed by atoms with E-state index in [1.165, 1.54) is 15.5 Å². The van der Waals surface area contributed by atoms with Crippen molar-refractivity contribution in [3.63, 3.8) is 0 Å². The van der Waals surface area contributed by atoms with E-state index in [9.17, 15) is 31.1 Å². The maximum atomic E-state index is 13.7. The molecule has 1 aromatic carbocycles. The van der Waals surface area contributed by atoms with Gasteiger partial charge in [0.25, 0.3) is 0 Å². The summed E-state index contributed by atoms with van der Waals surface area (Å²) in [5.41, 5.74) is 5.31. The van der Waals surface area contributed by atoms with E-state index >= 15 is 0 Å². The van der Waals surface area contributed by atoms with E-state index in [1.54, 1.807) is 6.92 Å². The first kappa shape index (κ1) is 21.2. The predicted octanol–water partition coefficient (Wildman–Crippen LogP) is 3.79. The van der Waals surface area contributed by atoms with Crippen LogP contribution in [0.1, 0.15) is 36.3 Å². The molecule has 158 valence electrons. The minimum absolute atomic E-state index is 0.00842. The lowest BCUT2D eigenvalue weighted by Gasteiger charge is -2.35. The average Bonchev–Trinajstić information content (AvgIpc) is 3.04. The van der Waals surface area contributed by atoms with Crippen molar-refractivity contribution in [2.24, 2.45) is 5.73 Å². The molecule has 4 nitrogen and oxygen atoms in total. The molecule has 1 aliphatic rings. The lowest BCUT2D eigenvalue weighted by Crippen LogP contribution is -2.43. The summed E-state index contributed by atoms with van der Waals surface area (Å²) in [4.78, 5) is 13.9. The van der Waals surface area contributed by atoms with Gasteiger partial charge in [-0.3, -0.25) is 4.79 Å². The number of nitrogens with two attached hydrogens (primary N) is 1. The summed E-state index contributed by atoms with van der Waals surface area (Å²) in [6, 6.07) is 1.97. The van der Waals surface area contributed by atoms with Crippen molar-refractivity contribution < 1.29 is 31.1 Å². The van der Waals surface area contributed by atoms with E-state index in [1.807, 2.05) is 0 Å². The quantitative estimate of drug-likeness (QED) is 0.606. The van der Waals surface area contributed by atoms with Crippen molar-refractivity contribution >= 4 is 5.91 Å². The Hall–Kier alpha value is -2.49. The maximum Gasteiger partial charge on any atom is 0.431 e. The molecule has 0 fully saturated rings. The lowest BCUT2D eigenvalue weighted by molar-refractivity contribution is -0.145. The van der Waals surface area contributed by atoms with Gasteiger partial charge in [0.2, 0.25) is 5.91 Å². The molecule has 0 spiro atoms. The first-order valence-corrected chi connectivity index (χ1v) is 8.91. The van der Waals surface area contributed by atoms with Crippen molar-refractivity contribution in [3.8, 4) is 0 Å². The molecule has 29 heavy (non-hydrogen) atoms. The fraction of sp³-hybridized carbons (Fsp3) is 0.421. The smallest absolute Gasteiger partial charge is 0.335 e. The Labute approximate surface area is 162 Å².